The lowest BCUT2D eigenvalue weighted by atomic mass is 10.0. The molecule has 196 valence electrons. The first-order chi connectivity index (χ1) is 18.1. The molecule has 2 aromatic carbocycles. The van der Waals surface area contributed by atoms with Gasteiger partial charge in [-0.05, 0) is 80.1 Å². The van der Waals surface area contributed by atoms with Gasteiger partial charge in [-0.2, -0.15) is 4.80 Å². The maximum Gasteiger partial charge on any atom is 0.251 e. The van der Waals surface area contributed by atoms with Crippen LogP contribution in [0.15, 0.2) is 73.1 Å². The second-order valence-electron chi connectivity index (χ2n) is 9.54. The van der Waals surface area contributed by atoms with Crippen LogP contribution in [0, 0.1) is 5.82 Å². The molecule has 0 aliphatic carbocycles. The van der Waals surface area contributed by atoms with Crippen molar-refractivity contribution in [3.05, 3.63) is 84.4 Å². The van der Waals surface area contributed by atoms with Crippen LogP contribution >= 0.6 is 0 Å². The van der Waals surface area contributed by atoms with Crippen LogP contribution in [0.1, 0.15) is 32.4 Å². The molecule has 1 N–H and O–H groups in total. The van der Waals surface area contributed by atoms with Gasteiger partial charge in [0, 0.05) is 35.2 Å². The number of amides is 2. The minimum atomic E-state index is -1.03. The van der Waals surface area contributed by atoms with E-state index in [0.29, 0.717) is 22.6 Å². The van der Waals surface area contributed by atoms with Gasteiger partial charge in [0.05, 0.1) is 7.11 Å². The third kappa shape index (κ3) is 6.36. The molecule has 2 amide bonds. The molecule has 1 atom stereocenters. The number of hydrogen-bond donors (Lipinski definition) is 1. The molecular formula is C27H28FN7O3. The number of halogens is 1. The summed E-state index contributed by atoms with van der Waals surface area (Å²) in [6.45, 7) is 5.28. The Morgan fingerprint density at radius 2 is 1.79 bits per heavy atom. The van der Waals surface area contributed by atoms with Gasteiger partial charge < -0.3 is 10.1 Å². The summed E-state index contributed by atoms with van der Waals surface area (Å²) in [6.07, 6.45) is 3.13. The Morgan fingerprint density at radius 1 is 1.08 bits per heavy atom. The second-order valence-corrected chi connectivity index (χ2v) is 9.54. The van der Waals surface area contributed by atoms with E-state index in [0.717, 1.165) is 4.80 Å². The molecule has 0 aliphatic heterocycles. The van der Waals surface area contributed by atoms with E-state index in [2.05, 4.69) is 25.7 Å². The van der Waals surface area contributed by atoms with E-state index in [4.69, 9.17) is 4.74 Å². The third-order valence-corrected chi connectivity index (χ3v) is 5.46. The van der Waals surface area contributed by atoms with Gasteiger partial charge >= 0.3 is 0 Å². The highest BCUT2D eigenvalue weighted by Crippen LogP contribution is 2.31. The number of tetrazole rings is 1. The second kappa shape index (κ2) is 11.2. The first kappa shape index (κ1) is 26.4. The highest BCUT2D eigenvalue weighted by Gasteiger charge is 2.35. The van der Waals surface area contributed by atoms with Crippen molar-refractivity contribution >= 4 is 17.5 Å². The van der Waals surface area contributed by atoms with Crippen LogP contribution in [0.2, 0.25) is 0 Å². The van der Waals surface area contributed by atoms with Crippen molar-refractivity contribution in [1.29, 1.82) is 0 Å². The van der Waals surface area contributed by atoms with Gasteiger partial charge in [-0.25, -0.2) is 4.39 Å². The van der Waals surface area contributed by atoms with E-state index >= 15 is 0 Å². The van der Waals surface area contributed by atoms with Crippen LogP contribution in [0.5, 0.6) is 5.75 Å². The smallest absolute Gasteiger partial charge is 0.251 e. The third-order valence-electron chi connectivity index (χ3n) is 5.46. The normalized spacial score (nSPS) is 12.0. The van der Waals surface area contributed by atoms with Gasteiger partial charge in [0.25, 0.3) is 5.91 Å². The van der Waals surface area contributed by atoms with Crippen LogP contribution < -0.4 is 15.0 Å². The molecule has 0 unspecified atom stereocenters. The molecule has 2 heterocycles. The number of carbonyl (C=O) groups is 2. The summed E-state index contributed by atoms with van der Waals surface area (Å²) < 4.78 is 18.7. The molecule has 10 nitrogen and oxygen atoms in total. The van der Waals surface area contributed by atoms with Gasteiger partial charge in [0.2, 0.25) is 11.7 Å². The van der Waals surface area contributed by atoms with Gasteiger partial charge in [-0.1, -0.05) is 6.07 Å². The lowest BCUT2D eigenvalue weighted by Crippen LogP contribution is -2.50. The Morgan fingerprint density at radius 3 is 2.45 bits per heavy atom. The van der Waals surface area contributed by atoms with Crippen LogP contribution in [0.25, 0.3) is 11.4 Å². The summed E-state index contributed by atoms with van der Waals surface area (Å²) in [5.41, 5.74) is 1.01. The largest absolute Gasteiger partial charge is 0.497 e. The Labute approximate surface area is 219 Å². The summed E-state index contributed by atoms with van der Waals surface area (Å²) in [4.78, 5) is 34.2. The summed E-state index contributed by atoms with van der Waals surface area (Å²) in [5, 5.41) is 15.3. The van der Waals surface area contributed by atoms with Gasteiger partial charge in [-0.3, -0.25) is 19.5 Å². The number of rotatable bonds is 8. The van der Waals surface area contributed by atoms with Crippen molar-refractivity contribution in [2.24, 2.45) is 0 Å². The summed E-state index contributed by atoms with van der Waals surface area (Å²) >= 11 is 0. The Hall–Kier alpha value is -4.67. The van der Waals surface area contributed by atoms with Crippen molar-refractivity contribution in [3.8, 4) is 17.1 Å². The van der Waals surface area contributed by atoms with Crippen LogP contribution in [-0.4, -0.2) is 49.7 Å². The molecule has 4 rings (SSSR count). The van der Waals surface area contributed by atoms with Crippen molar-refractivity contribution in [3.63, 3.8) is 0 Å². The fourth-order valence-electron chi connectivity index (χ4n) is 3.82. The first-order valence-corrected chi connectivity index (χ1v) is 11.9. The van der Waals surface area contributed by atoms with E-state index in [1.165, 1.54) is 36.3 Å². The number of pyridine rings is 1. The number of anilines is 1. The molecule has 38 heavy (non-hydrogen) atoms. The molecule has 0 fully saturated rings. The SMILES string of the molecule is COc1cccc(N(C(=O)Cn2nnc(-c3ccc(F)cc3)n2)[C@H](C(=O)NC(C)(C)C)c2ccncc2)c1. The zero-order valence-corrected chi connectivity index (χ0v) is 21.5. The van der Waals surface area contributed by atoms with Crippen molar-refractivity contribution in [1.82, 2.24) is 30.5 Å². The van der Waals surface area contributed by atoms with Crippen molar-refractivity contribution in [2.75, 3.05) is 12.0 Å². The highest BCUT2D eigenvalue weighted by molar-refractivity contribution is 6.01. The fourth-order valence-corrected chi connectivity index (χ4v) is 3.82. The van der Waals surface area contributed by atoms with Crippen molar-refractivity contribution < 1.29 is 18.7 Å². The Bertz CT molecular complexity index is 1400. The standard InChI is InChI=1S/C27H28FN7O3/c1-27(2,3)30-26(37)24(18-12-14-29-15-13-18)35(21-6-5-7-22(16-21)38-4)23(36)17-34-32-25(31-33-34)19-8-10-20(28)11-9-19/h5-16,24H,17H2,1-4H3,(H,30,37)/t24-/m0/s1. The first-order valence-electron chi connectivity index (χ1n) is 11.9. The zero-order chi connectivity index (χ0) is 27.3. The van der Waals surface area contributed by atoms with E-state index < -0.39 is 17.5 Å². The molecule has 0 bridgehead atoms. The van der Waals surface area contributed by atoms with Gasteiger partial charge in [-0.15, -0.1) is 10.2 Å². The molecule has 0 spiro atoms. The summed E-state index contributed by atoms with van der Waals surface area (Å²) in [6, 6.07) is 14.9. The average molecular weight is 518 g/mol. The number of hydrogen-bond acceptors (Lipinski definition) is 7. The Balaban J connectivity index is 1.74. The molecule has 0 saturated heterocycles. The minimum Gasteiger partial charge on any atom is -0.497 e. The monoisotopic (exact) mass is 517 g/mol. The lowest BCUT2D eigenvalue weighted by molar-refractivity contribution is -0.128. The maximum absolute atomic E-state index is 13.9. The van der Waals surface area contributed by atoms with Crippen LogP contribution in [-0.2, 0) is 16.1 Å². The zero-order valence-electron chi connectivity index (χ0n) is 21.5. The number of benzene rings is 2. The number of ether oxygens (including phenoxy) is 1. The molecule has 11 heteroatoms. The quantitative estimate of drug-likeness (QED) is 0.380. The lowest BCUT2D eigenvalue weighted by Gasteiger charge is -2.33. The maximum atomic E-state index is 13.9. The highest BCUT2D eigenvalue weighted by atomic mass is 19.1. The molecule has 4 aromatic rings. The van der Waals surface area contributed by atoms with E-state index in [1.807, 2.05) is 20.8 Å². The van der Waals surface area contributed by atoms with Crippen LogP contribution in [0.4, 0.5) is 10.1 Å². The Kier molecular flexibility index (Phi) is 7.75. The topological polar surface area (TPSA) is 115 Å². The molecule has 2 aromatic heterocycles. The number of nitrogens with zero attached hydrogens (tertiary/aromatic N) is 6. The van der Waals surface area contributed by atoms with E-state index in [9.17, 15) is 14.0 Å². The minimum absolute atomic E-state index is 0.238. The van der Waals surface area contributed by atoms with Gasteiger partial charge in [0.15, 0.2) is 0 Å². The summed E-state index contributed by atoms with van der Waals surface area (Å²) in [7, 11) is 1.52. The van der Waals surface area contributed by atoms with E-state index in [1.54, 1.807) is 48.8 Å². The molecule has 0 aliphatic rings. The number of methoxy groups -OCH3 is 1. The molecular weight excluding hydrogens is 489 g/mol. The molecule has 0 saturated carbocycles. The van der Waals surface area contributed by atoms with Gasteiger partial charge in [0.1, 0.15) is 24.2 Å². The fraction of sp³-hybridized carbons (Fsp3) is 0.259. The number of carbonyl (C=O) groups excluding carboxylic acids is 2. The molecule has 0 radical (unpaired) electrons. The summed E-state index contributed by atoms with van der Waals surface area (Å²) in [5.74, 6) is -0.476. The average Bonchev–Trinajstić information content (AvgIpc) is 3.35. The predicted molar refractivity (Wildman–Crippen MR) is 139 cm³/mol. The van der Waals surface area contributed by atoms with Crippen LogP contribution in [0.3, 0.4) is 0 Å². The number of nitrogens with one attached hydrogen (secondary N) is 1. The van der Waals surface area contributed by atoms with Crippen molar-refractivity contribution in [2.45, 2.75) is 38.9 Å². The van der Waals surface area contributed by atoms with E-state index in [-0.39, 0.29) is 24.1 Å². The predicted octanol–water partition coefficient (Wildman–Crippen LogP) is 3.57. The number of aromatic nitrogens is 5.